The summed E-state index contributed by atoms with van der Waals surface area (Å²) in [5.41, 5.74) is 0.158. The summed E-state index contributed by atoms with van der Waals surface area (Å²) >= 11 is 0. The third-order valence-corrected chi connectivity index (χ3v) is 1.85. The van der Waals surface area contributed by atoms with E-state index >= 15 is 0 Å². The van der Waals surface area contributed by atoms with Crippen molar-refractivity contribution in [2.45, 2.75) is 20.8 Å². The summed E-state index contributed by atoms with van der Waals surface area (Å²) in [6, 6.07) is 0. The average molecular weight is 180 g/mol. The molecule has 2 nitrogen and oxygen atoms in total. The molecule has 0 aromatic heterocycles. The molecule has 0 aromatic carbocycles. The second kappa shape index (κ2) is 4.63. The van der Waals surface area contributed by atoms with E-state index in [9.17, 15) is 0 Å². The van der Waals surface area contributed by atoms with Crippen LogP contribution in [0.2, 0.25) is 0 Å². The van der Waals surface area contributed by atoms with Gasteiger partial charge in [0, 0.05) is 18.6 Å². The molecule has 0 atom stereocenters. The number of hydrogen-bond acceptors (Lipinski definition) is 2. The van der Waals surface area contributed by atoms with Crippen molar-refractivity contribution in [3.63, 3.8) is 0 Å². The van der Waals surface area contributed by atoms with Crippen LogP contribution in [0.1, 0.15) is 20.8 Å². The van der Waals surface area contributed by atoms with Gasteiger partial charge in [0.2, 0.25) is 0 Å². The predicted octanol–water partition coefficient (Wildman–Crippen LogP) is 2.22. The van der Waals surface area contributed by atoms with Gasteiger partial charge in [-0.3, -0.25) is 0 Å². The van der Waals surface area contributed by atoms with Crippen LogP contribution in [0.15, 0.2) is 24.2 Å². The Kier molecular flexibility index (Phi) is 3.76. The first-order valence-electron chi connectivity index (χ1n) is 4.67. The minimum atomic E-state index is -0.163. The summed E-state index contributed by atoms with van der Waals surface area (Å²) in [5.74, 6) is 1.93. The van der Waals surface area contributed by atoms with Crippen molar-refractivity contribution in [3.8, 4) is 0 Å². The van der Waals surface area contributed by atoms with E-state index < -0.39 is 0 Å². The van der Waals surface area contributed by atoms with Crippen LogP contribution in [0.5, 0.6) is 0 Å². The molecule has 0 unspecified atom stereocenters. The molecule has 0 spiro atoms. The molecule has 13 heavy (non-hydrogen) atoms. The lowest BCUT2D eigenvalue weighted by Gasteiger charge is -2.31. The third kappa shape index (κ3) is 3.79. The van der Waals surface area contributed by atoms with E-state index in [1.54, 1.807) is 0 Å². The molecule has 0 N–H and O–H groups in total. The molecule has 1 rings (SSSR count). The first-order chi connectivity index (χ1) is 6.14. The minimum absolute atomic E-state index is 0.158. The average Bonchev–Trinajstić information content (AvgIpc) is 2.08. The molecule has 0 radical (unpaired) electrons. The van der Waals surface area contributed by atoms with Crippen LogP contribution >= 0.6 is 0 Å². The largest absolute Gasteiger partial charge is 0.486 e. The van der Waals surface area contributed by atoms with E-state index in [2.05, 4.69) is 13.8 Å². The predicted molar refractivity (Wildman–Crippen MR) is 55.4 cm³/mol. The van der Waals surface area contributed by atoms with Gasteiger partial charge in [0.05, 0.1) is 0 Å². The fraction of sp³-hybridized carbons (Fsp3) is 0.600. The molecule has 0 amide bonds. The van der Waals surface area contributed by atoms with Gasteiger partial charge in [0.25, 0.3) is 0 Å². The van der Waals surface area contributed by atoms with Gasteiger partial charge in [-0.25, -0.2) is 0 Å². The van der Waals surface area contributed by atoms with Gasteiger partial charge < -0.3 is 9.31 Å². The van der Waals surface area contributed by atoms with Crippen LogP contribution in [-0.4, -0.2) is 20.3 Å². The summed E-state index contributed by atoms with van der Waals surface area (Å²) in [4.78, 5) is 0. The fourth-order valence-corrected chi connectivity index (χ4v) is 1.08. The standard InChI is InChI=1S/C10H17BO2/c1-4-5-6-7-11-12-8-10(2,3)9-13-11/h4-7H,8-9H2,1-3H3/b5-4-,7-6+. The smallest absolute Gasteiger partial charge is 0.407 e. The molecular formula is C10H17BO2. The monoisotopic (exact) mass is 180 g/mol. The van der Waals surface area contributed by atoms with Gasteiger partial charge in [-0.2, -0.15) is 0 Å². The van der Waals surface area contributed by atoms with Crippen LogP contribution in [0.25, 0.3) is 0 Å². The van der Waals surface area contributed by atoms with E-state index in [4.69, 9.17) is 9.31 Å². The van der Waals surface area contributed by atoms with Gasteiger partial charge in [-0.15, -0.1) is 0 Å². The minimum Gasteiger partial charge on any atom is -0.407 e. The highest BCUT2D eigenvalue weighted by Gasteiger charge is 2.29. The summed E-state index contributed by atoms with van der Waals surface area (Å²) in [6.07, 6.45) is 5.89. The van der Waals surface area contributed by atoms with Gasteiger partial charge in [0.1, 0.15) is 0 Å². The molecule has 0 bridgehead atoms. The molecule has 3 heteroatoms. The number of hydrogen-bond donors (Lipinski definition) is 0. The van der Waals surface area contributed by atoms with Crippen LogP contribution in [-0.2, 0) is 9.31 Å². The molecule has 1 heterocycles. The van der Waals surface area contributed by atoms with Gasteiger partial charge in [-0.05, 0) is 6.92 Å². The highest BCUT2D eigenvalue weighted by molar-refractivity contribution is 6.50. The van der Waals surface area contributed by atoms with Crippen molar-refractivity contribution < 1.29 is 9.31 Å². The lowest BCUT2D eigenvalue weighted by molar-refractivity contribution is 0.0336. The Labute approximate surface area is 80.8 Å². The topological polar surface area (TPSA) is 18.5 Å². The van der Waals surface area contributed by atoms with Crippen molar-refractivity contribution in [2.24, 2.45) is 5.41 Å². The lowest BCUT2D eigenvalue weighted by Crippen LogP contribution is -2.39. The molecule has 0 saturated carbocycles. The van der Waals surface area contributed by atoms with Crippen LogP contribution in [0.3, 0.4) is 0 Å². The van der Waals surface area contributed by atoms with Crippen LogP contribution < -0.4 is 0 Å². The summed E-state index contributed by atoms with van der Waals surface area (Å²) < 4.78 is 11.0. The van der Waals surface area contributed by atoms with Crippen molar-refractivity contribution >= 4 is 7.12 Å². The Bertz CT molecular complexity index is 199. The highest BCUT2D eigenvalue weighted by Crippen LogP contribution is 2.21. The Morgan fingerprint density at radius 3 is 2.31 bits per heavy atom. The van der Waals surface area contributed by atoms with Gasteiger partial charge >= 0.3 is 7.12 Å². The second-order valence-corrected chi connectivity index (χ2v) is 4.07. The van der Waals surface area contributed by atoms with E-state index in [0.29, 0.717) is 0 Å². The Balaban J connectivity index is 2.33. The van der Waals surface area contributed by atoms with Crippen molar-refractivity contribution in [3.05, 3.63) is 24.2 Å². The number of allylic oxidation sites excluding steroid dienone is 3. The van der Waals surface area contributed by atoms with Crippen LogP contribution in [0.4, 0.5) is 0 Å². The lowest BCUT2D eigenvalue weighted by atomic mass is 9.83. The SMILES string of the molecule is C/C=C\C=C\B1OCC(C)(C)CO1. The second-order valence-electron chi connectivity index (χ2n) is 4.07. The van der Waals surface area contributed by atoms with E-state index in [-0.39, 0.29) is 12.5 Å². The summed E-state index contributed by atoms with van der Waals surface area (Å²) in [6.45, 7) is 7.78. The maximum absolute atomic E-state index is 5.50. The Morgan fingerprint density at radius 1 is 1.15 bits per heavy atom. The first-order valence-corrected chi connectivity index (χ1v) is 4.67. The molecule has 1 saturated heterocycles. The van der Waals surface area contributed by atoms with E-state index in [0.717, 1.165) is 13.2 Å². The Hall–Kier alpha value is -0.535. The summed E-state index contributed by atoms with van der Waals surface area (Å²) in [5, 5.41) is 0. The normalized spacial score (nSPS) is 23.2. The summed E-state index contributed by atoms with van der Waals surface area (Å²) in [7, 11) is -0.163. The van der Waals surface area contributed by atoms with E-state index in [1.807, 2.05) is 31.1 Å². The zero-order valence-corrected chi connectivity index (χ0v) is 8.62. The van der Waals surface area contributed by atoms with Crippen LogP contribution in [0, 0.1) is 5.41 Å². The molecule has 1 aliphatic rings. The molecule has 0 aromatic rings. The molecule has 1 aliphatic heterocycles. The quantitative estimate of drug-likeness (QED) is 0.479. The van der Waals surface area contributed by atoms with Gasteiger partial charge in [-0.1, -0.05) is 38.1 Å². The molecular weight excluding hydrogens is 163 g/mol. The maximum atomic E-state index is 5.50. The van der Waals surface area contributed by atoms with Crippen molar-refractivity contribution in [1.82, 2.24) is 0 Å². The Morgan fingerprint density at radius 2 is 1.77 bits per heavy atom. The number of rotatable bonds is 2. The van der Waals surface area contributed by atoms with Crippen molar-refractivity contribution in [2.75, 3.05) is 13.2 Å². The fourth-order valence-electron chi connectivity index (χ4n) is 1.08. The molecule has 72 valence electrons. The third-order valence-electron chi connectivity index (χ3n) is 1.85. The van der Waals surface area contributed by atoms with Gasteiger partial charge in [0.15, 0.2) is 0 Å². The van der Waals surface area contributed by atoms with Crippen molar-refractivity contribution in [1.29, 1.82) is 0 Å². The molecule has 1 fully saturated rings. The zero-order valence-electron chi connectivity index (χ0n) is 8.62. The van der Waals surface area contributed by atoms with E-state index in [1.165, 1.54) is 0 Å². The maximum Gasteiger partial charge on any atom is 0.486 e. The molecule has 0 aliphatic carbocycles. The first kappa shape index (κ1) is 10.5. The zero-order chi connectivity index (χ0) is 9.73. The highest BCUT2D eigenvalue weighted by atomic mass is 16.6.